The van der Waals surface area contributed by atoms with E-state index in [2.05, 4.69) is 194 Å². The van der Waals surface area contributed by atoms with Gasteiger partial charge in [-0.3, -0.25) is 0 Å². The van der Waals surface area contributed by atoms with Crippen LogP contribution in [0.3, 0.4) is 0 Å². The Morgan fingerprint density at radius 2 is 0.400 bits per heavy atom. The van der Waals surface area contributed by atoms with Crippen LogP contribution < -0.4 is 0 Å². The number of fused-ring (bicyclic) bond motifs is 12. The molecule has 60 heavy (non-hydrogen) atoms. The van der Waals surface area contributed by atoms with E-state index in [1.807, 2.05) is 0 Å². The summed E-state index contributed by atoms with van der Waals surface area (Å²) in [6, 6.07) is 72.4. The molecule has 0 heterocycles. The van der Waals surface area contributed by atoms with E-state index in [1.165, 1.54) is 151 Å². The van der Waals surface area contributed by atoms with Gasteiger partial charge in [0.1, 0.15) is 0 Å². The molecule has 0 saturated heterocycles. The fraction of sp³-hybridized carbons (Fsp3) is 0. The minimum atomic E-state index is 1.31. The van der Waals surface area contributed by atoms with Gasteiger partial charge in [0, 0.05) is 0 Å². The van der Waals surface area contributed by atoms with Gasteiger partial charge in [-0.05, 0) is 163 Å². The zero-order valence-electron chi connectivity index (χ0n) is 32.5. The molecule has 0 heteroatoms. The van der Waals surface area contributed by atoms with Crippen LogP contribution in [0.25, 0.3) is 151 Å². The molecule has 0 aliphatic heterocycles. The van der Waals surface area contributed by atoms with E-state index in [0.717, 1.165) is 0 Å². The minimum absolute atomic E-state index is 1.31. The molecule has 0 radical (unpaired) electrons. The van der Waals surface area contributed by atoms with E-state index in [-0.39, 0.29) is 0 Å². The predicted molar refractivity (Wildman–Crippen MR) is 263 cm³/mol. The van der Waals surface area contributed by atoms with Crippen LogP contribution in [0.15, 0.2) is 194 Å². The van der Waals surface area contributed by atoms with E-state index in [9.17, 15) is 0 Å². The summed E-state index contributed by atoms with van der Waals surface area (Å²) in [5.41, 5.74) is 0. The minimum Gasteiger partial charge on any atom is -0.0616 e. The predicted octanol–water partition coefficient (Wildman–Crippen LogP) is 17.3. The summed E-state index contributed by atoms with van der Waals surface area (Å²) in [5.74, 6) is 0. The van der Waals surface area contributed by atoms with Gasteiger partial charge in [-0.2, -0.15) is 0 Å². The lowest BCUT2D eigenvalue weighted by atomic mass is 9.82. The van der Waals surface area contributed by atoms with Crippen molar-refractivity contribution in [2.75, 3.05) is 0 Å². The van der Waals surface area contributed by atoms with Crippen molar-refractivity contribution >= 4 is 151 Å². The van der Waals surface area contributed by atoms with Gasteiger partial charge in [-0.15, -0.1) is 0 Å². The molecule has 0 saturated carbocycles. The molecule has 16 rings (SSSR count). The largest absolute Gasteiger partial charge is 0.0616 e. The van der Waals surface area contributed by atoms with Crippen LogP contribution in [0.1, 0.15) is 0 Å². The van der Waals surface area contributed by atoms with Crippen molar-refractivity contribution in [1.82, 2.24) is 0 Å². The van der Waals surface area contributed by atoms with Crippen molar-refractivity contribution in [2.24, 2.45) is 0 Å². The average Bonchev–Trinajstić information content (AvgIpc) is 3.32. The van der Waals surface area contributed by atoms with Crippen LogP contribution >= 0.6 is 0 Å². The molecular weight excluding hydrogens is 721 g/mol. The first kappa shape index (κ1) is 31.2. The summed E-state index contributed by atoms with van der Waals surface area (Å²) < 4.78 is 0. The van der Waals surface area contributed by atoms with Crippen LogP contribution in [-0.4, -0.2) is 0 Å². The van der Waals surface area contributed by atoms with Crippen LogP contribution in [0, 0.1) is 0 Å². The molecule has 16 aromatic carbocycles. The van der Waals surface area contributed by atoms with Gasteiger partial charge < -0.3 is 0 Å². The van der Waals surface area contributed by atoms with Crippen molar-refractivity contribution in [3.05, 3.63) is 194 Å². The topological polar surface area (TPSA) is 0 Å². The Kier molecular flexibility index (Phi) is 5.74. The maximum atomic E-state index is 2.41. The summed E-state index contributed by atoms with van der Waals surface area (Å²) in [6.07, 6.45) is 0. The highest BCUT2D eigenvalue weighted by molar-refractivity contribution is 6.47. The third-order valence-electron chi connectivity index (χ3n) is 14.2. The highest BCUT2D eigenvalue weighted by Crippen LogP contribution is 2.51. The SMILES string of the molecule is c1ccc2c(c1)cc1c3cccc4c5ccccc5c5ccc6ccc2c1c6c5c43.c1ccc2c(c1)cc1c3cccc4c5ccccc5c5ccc6ccc2c1c6c5c43. The van der Waals surface area contributed by atoms with Crippen molar-refractivity contribution in [3.8, 4) is 0 Å². The van der Waals surface area contributed by atoms with Crippen molar-refractivity contribution < 1.29 is 0 Å². The monoisotopic (exact) mass is 752 g/mol. The third-order valence-corrected chi connectivity index (χ3v) is 14.2. The Labute approximate surface area is 343 Å². The van der Waals surface area contributed by atoms with Gasteiger partial charge in [0.2, 0.25) is 0 Å². The Bertz CT molecular complexity index is 4150. The maximum Gasteiger partial charge on any atom is -0.000763 e. The normalized spacial score (nSPS) is 12.7. The first-order valence-electron chi connectivity index (χ1n) is 21.1. The zero-order valence-corrected chi connectivity index (χ0v) is 32.5. The van der Waals surface area contributed by atoms with Gasteiger partial charge in [-0.25, -0.2) is 0 Å². The van der Waals surface area contributed by atoms with E-state index in [0.29, 0.717) is 0 Å². The van der Waals surface area contributed by atoms with Gasteiger partial charge in [-0.1, -0.05) is 182 Å². The molecule has 0 N–H and O–H groups in total. The van der Waals surface area contributed by atoms with Crippen LogP contribution in [0.4, 0.5) is 0 Å². The van der Waals surface area contributed by atoms with Gasteiger partial charge in [0.15, 0.2) is 0 Å². The van der Waals surface area contributed by atoms with Crippen molar-refractivity contribution in [2.45, 2.75) is 0 Å². The Hall–Kier alpha value is -7.80. The lowest BCUT2D eigenvalue weighted by Gasteiger charge is -2.20. The lowest BCUT2D eigenvalue weighted by molar-refractivity contribution is 1.79. The second-order valence-corrected chi connectivity index (χ2v) is 17.0. The van der Waals surface area contributed by atoms with Gasteiger partial charge >= 0.3 is 0 Å². The lowest BCUT2D eigenvalue weighted by Crippen LogP contribution is -1.92. The molecule has 0 aliphatic carbocycles. The molecule has 0 bridgehead atoms. The molecular formula is C60H32. The summed E-state index contributed by atoms with van der Waals surface area (Å²) in [6.45, 7) is 0. The summed E-state index contributed by atoms with van der Waals surface area (Å²) in [4.78, 5) is 0. The van der Waals surface area contributed by atoms with Crippen molar-refractivity contribution in [1.29, 1.82) is 0 Å². The molecule has 0 amide bonds. The molecule has 0 atom stereocenters. The summed E-state index contributed by atoms with van der Waals surface area (Å²) in [7, 11) is 0. The molecule has 0 spiro atoms. The average molecular weight is 753 g/mol. The first-order valence-corrected chi connectivity index (χ1v) is 21.1. The second kappa shape index (κ2) is 11.0. The van der Waals surface area contributed by atoms with Crippen LogP contribution in [0.2, 0.25) is 0 Å². The Morgan fingerprint density at radius 1 is 0.133 bits per heavy atom. The molecule has 0 nitrogen and oxygen atoms in total. The maximum absolute atomic E-state index is 2.41. The standard InChI is InChI=1S/2C30H16/c2*1-2-7-19-18(6-1)16-26-23-11-5-10-22-20-8-3-4-9-21(20)25-15-13-17-12-14-24(19)29(26)27(17)30(25)28(22)23/h2*1-16H. The fourth-order valence-electron chi connectivity index (χ4n) is 11.9. The Balaban J connectivity index is 0.000000114. The first-order chi connectivity index (χ1) is 29.8. The van der Waals surface area contributed by atoms with E-state index >= 15 is 0 Å². The smallest absolute Gasteiger partial charge is 0.000763 e. The zero-order chi connectivity index (χ0) is 38.8. The Morgan fingerprint density at radius 3 is 0.783 bits per heavy atom. The number of rotatable bonds is 0. The summed E-state index contributed by atoms with van der Waals surface area (Å²) in [5, 5.41) is 38.3. The molecule has 0 aromatic heterocycles. The van der Waals surface area contributed by atoms with Crippen molar-refractivity contribution in [3.63, 3.8) is 0 Å². The molecule has 0 fully saturated rings. The quantitative estimate of drug-likeness (QED) is 0.107. The van der Waals surface area contributed by atoms with Gasteiger partial charge in [0.25, 0.3) is 0 Å². The molecule has 16 aromatic rings. The van der Waals surface area contributed by atoms with Crippen LogP contribution in [-0.2, 0) is 0 Å². The van der Waals surface area contributed by atoms with E-state index in [4.69, 9.17) is 0 Å². The highest BCUT2D eigenvalue weighted by atomic mass is 14.2. The summed E-state index contributed by atoms with van der Waals surface area (Å²) >= 11 is 0. The third kappa shape index (κ3) is 3.74. The number of hydrogen-bond donors (Lipinski definition) is 0. The molecule has 272 valence electrons. The number of hydrogen-bond acceptors (Lipinski definition) is 0. The van der Waals surface area contributed by atoms with E-state index < -0.39 is 0 Å². The highest BCUT2D eigenvalue weighted by Gasteiger charge is 2.22. The molecule has 0 unspecified atom stereocenters. The second-order valence-electron chi connectivity index (χ2n) is 17.0. The number of benzene rings is 16. The van der Waals surface area contributed by atoms with Gasteiger partial charge in [0.05, 0.1) is 0 Å². The van der Waals surface area contributed by atoms with Crippen LogP contribution in [0.5, 0.6) is 0 Å². The molecule has 0 aliphatic rings. The van der Waals surface area contributed by atoms with E-state index in [1.54, 1.807) is 0 Å². The fourth-order valence-corrected chi connectivity index (χ4v) is 11.9.